The first-order valence-corrected chi connectivity index (χ1v) is 5.61. The molecule has 0 saturated carbocycles. The first-order chi connectivity index (χ1) is 9.29. The Morgan fingerprint density at radius 3 is 2.55 bits per heavy atom. The van der Waals surface area contributed by atoms with Crippen molar-refractivity contribution in [3.63, 3.8) is 0 Å². The summed E-state index contributed by atoms with van der Waals surface area (Å²) in [5, 5.41) is 18.4. The van der Waals surface area contributed by atoms with Gasteiger partial charge in [-0.2, -0.15) is 0 Å². The van der Waals surface area contributed by atoms with Gasteiger partial charge in [0.2, 0.25) is 6.17 Å². The fourth-order valence-corrected chi connectivity index (χ4v) is 1.56. The Hall–Kier alpha value is -2.22. The minimum absolute atomic E-state index is 0.0819. The van der Waals surface area contributed by atoms with Crippen LogP contribution in [0.3, 0.4) is 0 Å². The van der Waals surface area contributed by atoms with Crippen LogP contribution in [0.15, 0.2) is 12.1 Å². The van der Waals surface area contributed by atoms with Crippen molar-refractivity contribution in [1.82, 2.24) is 0 Å². The minimum atomic E-state index is -2.36. The van der Waals surface area contributed by atoms with E-state index >= 15 is 0 Å². The molecule has 20 heavy (non-hydrogen) atoms. The molecule has 0 amide bonds. The molecule has 0 heterocycles. The van der Waals surface area contributed by atoms with E-state index in [0.717, 1.165) is 0 Å². The number of alkyl halides is 1. The number of ether oxygens (including phenoxy) is 1. The zero-order chi connectivity index (χ0) is 15.4. The van der Waals surface area contributed by atoms with E-state index in [9.17, 15) is 23.5 Å². The summed E-state index contributed by atoms with van der Waals surface area (Å²) in [6.45, 7) is 1.37. The van der Waals surface area contributed by atoms with Gasteiger partial charge in [0.05, 0.1) is 12.6 Å². The zero-order valence-electron chi connectivity index (χ0n) is 10.5. The van der Waals surface area contributed by atoms with Crippen LogP contribution in [0.4, 0.5) is 8.78 Å². The first kappa shape index (κ1) is 15.8. The summed E-state index contributed by atoms with van der Waals surface area (Å²) in [6, 6.07) is -0.521. The average Bonchev–Trinajstić information content (AvgIpc) is 2.39. The highest BCUT2D eigenvalue weighted by molar-refractivity contribution is 5.91. The maximum Gasteiger partial charge on any atom is 0.342 e. The molecule has 0 aliphatic carbocycles. The van der Waals surface area contributed by atoms with Gasteiger partial charge < -0.3 is 20.7 Å². The molecule has 0 aromatic heterocycles. The SMILES string of the molecule is CCOC(=O)C(F)[C@H](N)c1cc(F)cc(C(=O)O)c1O. The van der Waals surface area contributed by atoms with Gasteiger partial charge in [-0.1, -0.05) is 0 Å². The van der Waals surface area contributed by atoms with Crippen molar-refractivity contribution in [3.8, 4) is 5.75 Å². The number of carbonyl (C=O) groups excluding carboxylic acids is 1. The van der Waals surface area contributed by atoms with Crippen LogP contribution in [-0.4, -0.2) is 34.9 Å². The molecular formula is C12H13F2NO5. The maximum absolute atomic E-state index is 13.7. The summed E-state index contributed by atoms with van der Waals surface area (Å²) in [7, 11) is 0. The van der Waals surface area contributed by atoms with Crippen molar-refractivity contribution in [2.24, 2.45) is 5.73 Å². The Bertz CT molecular complexity index is 535. The number of carbonyl (C=O) groups is 2. The van der Waals surface area contributed by atoms with Gasteiger partial charge in [-0.05, 0) is 19.1 Å². The molecule has 0 fully saturated rings. The predicted molar refractivity (Wildman–Crippen MR) is 63.5 cm³/mol. The topological polar surface area (TPSA) is 110 Å². The van der Waals surface area contributed by atoms with Crippen molar-refractivity contribution < 1.29 is 33.3 Å². The quantitative estimate of drug-likeness (QED) is 0.701. The number of carboxylic acid groups (broad SMARTS) is 1. The van der Waals surface area contributed by atoms with E-state index in [0.29, 0.717) is 12.1 Å². The molecular weight excluding hydrogens is 276 g/mol. The van der Waals surface area contributed by atoms with Gasteiger partial charge in [0.1, 0.15) is 17.1 Å². The molecule has 0 aliphatic heterocycles. The lowest BCUT2D eigenvalue weighted by Crippen LogP contribution is -2.31. The van der Waals surface area contributed by atoms with E-state index in [2.05, 4.69) is 4.74 Å². The third-order valence-corrected chi connectivity index (χ3v) is 2.52. The van der Waals surface area contributed by atoms with Gasteiger partial charge in [0.25, 0.3) is 0 Å². The first-order valence-electron chi connectivity index (χ1n) is 5.61. The molecule has 4 N–H and O–H groups in total. The third-order valence-electron chi connectivity index (χ3n) is 2.52. The molecule has 1 rings (SSSR count). The monoisotopic (exact) mass is 289 g/mol. The summed E-state index contributed by atoms with van der Waals surface area (Å²) >= 11 is 0. The Morgan fingerprint density at radius 1 is 1.45 bits per heavy atom. The molecule has 0 radical (unpaired) electrons. The summed E-state index contributed by atoms with van der Waals surface area (Å²) in [4.78, 5) is 22.0. The number of esters is 1. The van der Waals surface area contributed by atoms with Crippen molar-refractivity contribution in [2.45, 2.75) is 19.1 Å². The number of nitrogens with two attached hydrogens (primary N) is 1. The molecule has 6 nitrogen and oxygen atoms in total. The minimum Gasteiger partial charge on any atom is -0.507 e. The lowest BCUT2D eigenvalue weighted by atomic mass is 9.99. The number of halogens is 2. The number of aromatic hydroxyl groups is 1. The number of hydrogen-bond acceptors (Lipinski definition) is 5. The van der Waals surface area contributed by atoms with Crippen LogP contribution in [0.1, 0.15) is 28.9 Å². The smallest absolute Gasteiger partial charge is 0.342 e. The normalized spacial score (nSPS) is 13.6. The number of hydrogen-bond donors (Lipinski definition) is 3. The van der Waals surface area contributed by atoms with E-state index in [1.165, 1.54) is 6.92 Å². The molecule has 0 bridgehead atoms. The molecule has 0 spiro atoms. The Morgan fingerprint density at radius 2 is 2.05 bits per heavy atom. The van der Waals surface area contributed by atoms with Crippen molar-refractivity contribution in [2.75, 3.05) is 6.61 Å². The van der Waals surface area contributed by atoms with Crippen LogP contribution in [0, 0.1) is 5.82 Å². The Labute approximate surface area is 112 Å². The standard InChI is InChI=1S/C12H13F2NO5/c1-2-20-12(19)8(14)9(15)6-3-5(13)4-7(10(6)16)11(17)18/h3-4,8-9,16H,2,15H2,1H3,(H,17,18)/t8?,9-/m1/s1. The number of carboxylic acids is 1. The van der Waals surface area contributed by atoms with E-state index in [1.807, 2.05) is 0 Å². The average molecular weight is 289 g/mol. The van der Waals surface area contributed by atoms with Gasteiger partial charge in [0.15, 0.2) is 0 Å². The van der Waals surface area contributed by atoms with E-state index in [-0.39, 0.29) is 6.61 Å². The second-order valence-corrected chi connectivity index (χ2v) is 3.88. The number of phenols is 1. The predicted octanol–water partition coefficient (Wildman–Crippen LogP) is 1.13. The van der Waals surface area contributed by atoms with Gasteiger partial charge in [-0.3, -0.25) is 0 Å². The molecule has 1 aromatic rings. The fraction of sp³-hybridized carbons (Fsp3) is 0.333. The largest absolute Gasteiger partial charge is 0.507 e. The van der Waals surface area contributed by atoms with Crippen LogP contribution < -0.4 is 5.73 Å². The number of rotatable bonds is 5. The lowest BCUT2D eigenvalue weighted by Gasteiger charge is -2.18. The van der Waals surface area contributed by atoms with Crippen LogP contribution in [0.2, 0.25) is 0 Å². The van der Waals surface area contributed by atoms with Gasteiger partial charge in [-0.15, -0.1) is 0 Å². The Kier molecular flexibility index (Phi) is 4.98. The number of aromatic carboxylic acids is 1. The zero-order valence-corrected chi connectivity index (χ0v) is 10.5. The Balaban J connectivity index is 3.19. The summed E-state index contributed by atoms with van der Waals surface area (Å²) in [5.74, 6) is -4.80. The summed E-state index contributed by atoms with van der Waals surface area (Å²) < 4.78 is 31.4. The van der Waals surface area contributed by atoms with E-state index < -0.39 is 46.8 Å². The molecule has 2 atom stereocenters. The van der Waals surface area contributed by atoms with Crippen LogP contribution in [0.5, 0.6) is 5.75 Å². The van der Waals surface area contributed by atoms with Crippen molar-refractivity contribution in [1.29, 1.82) is 0 Å². The fourth-order valence-electron chi connectivity index (χ4n) is 1.56. The third kappa shape index (κ3) is 3.21. The summed E-state index contributed by atoms with van der Waals surface area (Å²) in [6.07, 6.45) is -2.36. The van der Waals surface area contributed by atoms with Crippen molar-refractivity contribution in [3.05, 3.63) is 29.1 Å². The van der Waals surface area contributed by atoms with E-state index in [4.69, 9.17) is 10.8 Å². The molecule has 8 heteroatoms. The molecule has 110 valence electrons. The van der Waals surface area contributed by atoms with Gasteiger partial charge >= 0.3 is 11.9 Å². The van der Waals surface area contributed by atoms with Crippen LogP contribution in [0.25, 0.3) is 0 Å². The summed E-state index contributed by atoms with van der Waals surface area (Å²) in [5.41, 5.74) is 4.12. The second kappa shape index (κ2) is 6.29. The lowest BCUT2D eigenvalue weighted by molar-refractivity contribution is -0.149. The highest BCUT2D eigenvalue weighted by Crippen LogP contribution is 2.31. The van der Waals surface area contributed by atoms with Crippen LogP contribution >= 0.6 is 0 Å². The maximum atomic E-state index is 13.7. The molecule has 1 aromatic carbocycles. The van der Waals surface area contributed by atoms with Crippen LogP contribution in [-0.2, 0) is 9.53 Å². The van der Waals surface area contributed by atoms with Gasteiger partial charge in [-0.25, -0.2) is 18.4 Å². The molecule has 0 saturated heterocycles. The van der Waals surface area contributed by atoms with Gasteiger partial charge in [0, 0.05) is 5.56 Å². The van der Waals surface area contributed by atoms with E-state index in [1.54, 1.807) is 0 Å². The second-order valence-electron chi connectivity index (χ2n) is 3.88. The highest BCUT2D eigenvalue weighted by atomic mass is 19.1. The molecule has 1 unspecified atom stereocenters. The van der Waals surface area contributed by atoms with Crippen molar-refractivity contribution >= 4 is 11.9 Å². The molecule has 0 aliphatic rings. The number of benzene rings is 1. The highest BCUT2D eigenvalue weighted by Gasteiger charge is 2.31.